The molecule has 0 atom stereocenters. The molecule has 0 aromatic carbocycles. The van der Waals surface area contributed by atoms with Crippen LogP contribution >= 0.6 is 0 Å². The molecule has 0 spiro atoms. The fourth-order valence-corrected chi connectivity index (χ4v) is 0.448. The number of halogens is 3. The molecule has 1 heterocycles. The second-order valence-corrected chi connectivity index (χ2v) is 1.49. The van der Waals surface area contributed by atoms with E-state index in [0.717, 1.165) is 6.21 Å². The summed E-state index contributed by atoms with van der Waals surface area (Å²) in [5.41, 5.74) is -0.887. The predicted molar refractivity (Wildman–Crippen MR) is 26.8 cm³/mol. The lowest BCUT2D eigenvalue weighted by Crippen LogP contribution is -2.22. The third-order valence-electron chi connectivity index (χ3n) is 0.827. The summed E-state index contributed by atoms with van der Waals surface area (Å²) in [5.74, 6) is 0. The van der Waals surface area contributed by atoms with E-state index in [9.17, 15) is 13.2 Å². The average Bonchev–Trinajstić information content (AvgIpc) is 2.08. The summed E-state index contributed by atoms with van der Waals surface area (Å²) < 4.78 is 34.6. The van der Waals surface area contributed by atoms with E-state index < -0.39 is 11.9 Å². The second kappa shape index (κ2) is 1.82. The number of rotatable bonds is 0. The average molecular weight is 136 g/mol. The van der Waals surface area contributed by atoms with Gasteiger partial charge in [-0.1, -0.05) is 0 Å². The molecule has 0 saturated carbocycles. The van der Waals surface area contributed by atoms with Gasteiger partial charge in [-0.3, -0.25) is 9.98 Å². The maximum Gasteiger partial charge on any atom is 0.434 e. The second-order valence-electron chi connectivity index (χ2n) is 1.49. The molecule has 2 nitrogen and oxygen atoms in total. The summed E-state index contributed by atoms with van der Waals surface area (Å²) in [6.07, 6.45) is -3.58. The lowest BCUT2D eigenvalue weighted by Gasteiger charge is -1.99. The normalized spacial score (nSPS) is 18.3. The van der Waals surface area contributed by atoms with Crippen LogP contribution in [0.5, 0.6) is 0 Å². The molecule has 1 rings (SSSR count). The first-order valence-corrected chi connectivity index (χ1v) is 2.22. The molecule has 0 unspecified atom stereocenters. The van der Waals surface area contributed by atoms with Crippen LogP contribution in [0.4, 0.5) is 13.2 Å². The van der Waals surface area contributed by atoms with Gasteiger partial charge in [-0.25, -0.2) is 0 Å². The van der Waals surface area contributed by atoms with Crippen LogP contribution in [0, 0.1) is 0 Å². The zero-order valence-corrected chi connectivity index (χ0v) is 4.31. The molecule has 0 saturated heterocycles. The fraction of sp³-hybridized carbons (Fsp3) is 0.500. The molecule has 1 aliphatic rings. The molecule has 0 radical (unpaired) electrons. The minimum atomic E-state index is -4.32. The fourth-order valence-electron chi connectivity index (χ4n) is 0.448. The van der Waals surface area contributed by atoms with Crippen molar-refractivity contribution in [2.75, 3.05) is 6.67 Å². The van der Waals surface area contributed by atoms with Gasteiger partial charge in [0.1, 0.15) is 6.67 Å². The molecule has 5 heteroatoms. The van der Waals surface area contributed by atoms with Crippen molar-refractivity contribution < 1.29 is 13.2 Å². The van der Waals surface area contributed by atoms with E-state index in [1.807, 2.05) is 0 Å². The predicted octanol–water partition coefficient (Wildman–Crippen LogP) is 1.03. The number of hydrogen-bond acceptors (Lipinski definition) is 2. The third-order valence-corrected chi connectivity index (χ3v) is 0.827. The molecule has 0 N–H and O–H groups in total. The van der Waals surface area contributed by atoms with Crippen LogP contribution in [0.3, 0.4) is 0 Å². The summed E-state index contributed by atoms with van der Waals surface area (Å²) in [6, 6.07) is 0. The number of hydrogen-bond donors (Lipinski definition) is 0. The minimum absolute atomic E-state index is 0.0884. The lowest BCUT2D eigenvalue weighted by molar-refractivity contribution is -0.0563. The van der Waals surface area contributed by atoms with Gasteiger partial charge in [0.25, 0.3) is 0 Å². The van der Waals surface area contributed by atoms with Crippen molar-refractivity contribution in [1.29, 1.82) is 0 Å². The van der Waals surface area contributed by atoms with Crippen LogP contribution in [0.1, 0.15) is 0 Å². The summed E-state index contributed by atoms with van der Waals surface area (Å²) in [7, 11) is 0. The number of aliphatic imine (C=N–C) groups is 2. The first-order valence-electron chi connectivity index (χ1n) is 2.22. The lowest BCUT2D eigenvalue weighted by atomic mass is 10.4. The van der Waals surface area contributed by atoms with Crippen LogP contribution < -0.4 is 0 Å². The van der Waals surface area contributed by atoms with Crippen LogP contribution in [-0.4, -0.2) is 24.8 Å². The van der Waals surface area contributed by atoms with Gasteiger partial charge in [0, 0.05) is 0 Å². The molecule has 50 valence electrons. The topological polar surface area (TPSA) is 24.7 Å². The van der Waals surface area contributed by atoms with E-state index in [1.54, 1.807) is 0 Å². The highest BCUT2D eigenvalue weighted by atomic mass is 19.4. The Kier molecular flexibility index (Phi) is 1.27. The maximum absolute atomic E-state index is 11.5. The van der Waals surface area contributed by atoms with Crippen molar-refractivity contribution in [2.45, 2.75) is 6.18 Å². The van der Waals surface area contributed by atoms with E-state index in [0.29, 0.717) is 0 Å². The van der Waals surface area contributed by atoms with Crippen LogP contribution in [0.15, 0.2) is 9.98 Å². The Balaban J connectivity index is 2.73. The largest absolute Gasteiger partial charge is 0.434 e. The molecule has 1 aliphatic heterocycles. The van der Waals surface area contributed by atoms with Gasteiger partial charge in [0.15, 0.2) is 5.71 Å². The summed E-state index contributed by atoms with van der Waals surface area (Å²) in [5, 5.41) is 0. The van der Waals surface area contributed by atoms with E-state index in [2.05, 4.69) is 9.98 Å². The molecule has 0 bridgehead atoms. The highest BCUT2D eigenvalue weighted by Crippen LogP contribution is 2.17. The van der Waals surface area contributed by atoms with Crippen LogP contribution in [-0.2, 0) is 0 Å². The van der Waals surface area contributed by atoms with Gasteiger partial charge in [0.2, 0.25) is 0 Å². The van der Waals surface area contributed by atoms with Gasteiger partial charge in [-0.2, -0.15) is 13.2 Å². The van der Waals surface area contributed by atoms with Crippen molar-refractivity contribution in [3.05, 3.63) is 0 Å². The van der Waals surface area contributed by atoms with Gasteiger partial charge in [-0.15, -0.1) is 0 Å². The van der Waals surface area contributed by atoms with E-state index in [4.69, 9.17) is 0 Å². The Hall–Kier alpha value is -0.870. The van der Waals surface area contributed by atoms with Gasteiger partial charge >= 0.3 is 6.18 Å². The summed E-state index contributed by atoms with van der Waals surface area (Å²) in [6.45, 7) is -0.0884. The number of alkyl halides is 3. The van der Waals surface area contributed by atoms with Gasteiger partial charge in [-0.05, 0) is 0 Å². The Labute approximate surface area is 49.1 Å². The van der Waals surface area contributed by atoms with E-state index >= 15 is 0 Å². The highest BCUT2D eigenvalue weighted by molar-refractivity contribution is 6.34. The van der Waals surface area contributed by atoms with E-state index in [1.165, 1.54) is 0 Å². The van der Waals surface area contributed by atoms with Crippen LogP contribution in [0.25, 0.3) is 0 Å². The monoisotopic (exact) mass is 136 g/mol. The standard InChI is InChI=1S/C4H3F3N2/c5-4(6,7)3-1-8-2-9-3/h1H,2H2. The minimum Gasteiger partial charge on any atom is -0.268 e. The van der Waals surface area contributed by atoms with Crippen LogP contribution in [0.2, 0.25) is 0 Å². The Bertz CT molecular complexity index is 167. The molecule has 0 aliphatic carbocycles. The smallest absolute Gasteiger partial charge is 0.268 e. The van der Waals surface area contributed by atoms with Gasteiger partial charge < -0.3 is 0 Å². The molecule has 0 fully saturated rings. The molecular weight excluding hydrogens is 133 g/mol. The molecule has 0 aromatic rings. The maximum atomic E-state index is 11.5. The molecular formula is C4H3F3N2. The molecule has 0 amide bonds. The SMILES string of the molecule is FC(F)(F)C1=NCN=C1. The van der Waals surface area contributed by atoms with Crippen molar-refractivity contribution in [2.24, 2.45) is 9.98 Å². The molecule has 0 aromatic heterocycles. The van der Waals surface area contributed by atoms with Crippen molar-refractivity contribution in [1.82, 2.24) is 0 Å². The first-order chi connectivity index (χ1) is 4.11. The zero-order valence-electron chi connectivity index (χ0n) is 4.31. The highest BCUT2D eigenvalue weighted by Gasteiger charge is 2.35. The Morgan fingerprint density at radius 3 is 2.33 bits per heavy atom. The number of nitrogens with zero attached hydrogens (tertiary/aromatic N) is 2. The third kappa shape index (κ3) is 1.28. The summed E-state index contributed by atoms with van der Waals surface area (Å²) in [4.78, 5) is 6.36. The van der Waals surface area contributed by atoms with Crippen molar-refractivity contribution in [3.8, 4) is 0 Å². The summed E-state index contributed by atoms with van der Waals surface area (Å²) >= 11 is 0. The zero-order chi connectivity index (χ0) is 6.91. The van der Waals surface area contributed by atoms with Gasteiger partial charge in [0.05, 0.1) is 6.21 Å². The van der Waals surface area contributed by atoms with Crippen molar-refractivity contribution >= 4 is 11.9 Å². The molecule has 9 heavy (non-hydrogen) atoms. The first kappa shape index (κ1) is 6.25. The Morgan fingerprint density at radius 2 is 2.11 bits per heavy atom. The van der Waals surface area contributed by atoms with Crippen molar-refractivity contribution in [3.63, 3.8) is 0 Å². The quantitative estimate of drug-likeness (QED) is 0.475. The van der Waals surface area contributed by atoms with E-state index in [-0.39, 0.29) is 6.67 Å². The Morgan fingerprint density at radius 1 is 1.44 bits per heavy atom.